The summed E-state index contributed by atoms with van der Waals surface area (Å²) in [7, 11) is 0. The van der Waals surface area contributed by atoms with Gasteiger partial charge in [-0.2, -0.15) is 13.2 Å². The third-order valence-corrected chi connectivity index (χ3v) is 4.62. The molecule has 0 aliphatic carbocycles. The summed E-state index contributed by atoms with van der Waals surface area (Å²) in [5.41, 5.74) is 3.13. The summed E-state index contributed by atoms with van der Waals surface area (Å²) in [6, 6.07) is 18.3. The molecule has 0 spiro atoms. The number of ketones is 1. The molecule has 0 unspecified atom stereocenters. The lowest BCUT2D eigenvalue weighted by atomic mass is 9.97. The second kappa shape index (κ2) is 6.64. The number of carbonyl (C=O) groups excluding carboxylic acids is 1. The van der Waals surface area contributed by atoms with E-state index in [1.807, 2.05) is 42.5 Å². The van der Waals surface area contributed by atoms with Gasteiger partial charge in [-0.3, -0.25) is 9.36 Å². The number of halogens is 3. The molecule has 4 rings (SSSR count). The zero-order valence-electron chi connectivity index (χ0n) is 14.9. The number of alkyl halides is 3. The Balaban J connectivity index is 1.82. The second-order valence-corrected chi connectivity index (χ2v) is 6.47. The van der Waals surface area contributed by atoms with E-state index in [-0.39, 0.29) is 11.3 Å². The fraction of sp³-hybridized carbons (Fsp3) is 0.0909. The molecule has 3 nitrogen and oxygen atoms in total. The van der Waals surface area contributed by atoms with Gasteiger partial charge in [0.25, 0.3) is 0 Å². The van der Waals surface area contributed by atoms with Gasteiger partial charge in [-0.1, -0.05) is 36.4 Å². The smallest absolute Gasteiger partial charge is 0.299 e. The molecule has 1 heterocycles. The molecule has 0 N–H and O–H groups in total. The molecule has 0 amide bonds. The summed E-state index contributed by atoms with van der Waals surface area (Å²) < 4.78 is 40.5. The van der Waals surface area contributed by atoms with E-state index in [0.29, 0.717) is 11.1 Å². The number of Topliss-reactive ketones (excluding diaryl/α,β-unsaturated/α-hetero) is 1. The van der Waals surface area contributed by atoms with Crippen LogP contribution in [0.4, 0.5) is 13.2 Å². The van der Waals surface area contributed by atoms with Gasteiger partial charge in [0, 0.05) is 11.3 Å². The zero-order chi connectivity index (χ0) is 19.9. The number of benzene rings is 3. The van der Waals surface area contributed by atoms with Crippen molar-refractivity contribution in [3.63, 3.8) is 0 Å². The first-order valence-corrected chi connectivity index (χ1v) is 8.60. The van der Waals surface area contributed by atoms with Gasteiger partial charge in [-0.25, -0.2) is 4.98 Å². The molecule has 0 fully saturated rings. The van der Waals surface area contributed by atoms with Crippen molar-refractivity contribution in [2.75, 3.05) is 0 Å². The van der Waals surface area contributed by atoms with Gasteiger partial charge < -0.3 is 0 Å². The highest BCUT2D eigenvalue weighted by Crippen LogP contribution is 2.32. The fourth-order valence-corrected chi connectivity index (χ4v) is 3.26. The molecule has 6 heteroatoms. The molecule has 0 saturated carbocycles. The molecule has 0 bridgehead atoms. The van der Waals surface area contributed by atoms with Crippen LogP contribution in [0.5, 0.6) is 0 Å². The highest BCUT2D eigenvalue weighted by Gasteiger charge is 2.30. The summed E-state index contributed by atoms with van der Waals surface area (Å²) >= 11 is 0. The van der Waals surface area contributed by atoms with Crippen molar-refractivity contribution >= 4 is 16.8 Å². The fourth-order valence-electron chi connectivity index (χ4n) is 3.26. The SMILES string of the molecule is CC(=O)c1ccccc1-c1cccc(-n2cnc3cc(C(F)(F)F)ccc32)c1. The number of aromatic nitrogens is 2. The number of fused-ring (bicyclic) bond motifs is 1. The molecule has 0 aliphatic rings. The topological polar surface area (TPSA) is 34.9 Å². The van der Waals surface area contributed by atoms with Gasteiger partial charge in [0.2, 0.25) is 0 Å². The van der Waals surface area contributed by atoms with Crippen molar-refractivity contribution in [1.29, 1.82) is 0 Å². The van der Waals surface area contributed by atoms with Crippen molar-refractivity contribution in [2.45, 2.75) is 13.1 Å². The van der Waals surface area contributed by atoms with Crippen LogP contribution in [0, 0.1) is 0 Å². The van der Waals surface area contributed by atoms with Gasteiger partial charge in [0.05, 0.1) is 16.6 Å². The molecular weight excluding hydrogens is 365 g/mol. The van der Waals surface area contributed by atoms with Crippen LogP contribution >= 0.6 is 0 Å². The maximum atomic E-state index is 12.9. The molecule has 28 heavy (non-hydrogen) atoms. The largest absolute Gasteiger partial charge is 0.416 e. The van der Waals surface area contributed by atoms with E-state index >= 15 is 0 Å². The van der Waals surface area contributed by atoms with Gasteiger partial charge >= 0.3 is 6.18 Å². The minimum atomic E-state index is -4.41. The van der Waals surface area contributed by atoms with Crippen LogP contribution in [0.1, 0.15) is 22.8 Å². The van der Waals surface area contributed by atoms with Crippen molar-refractivity contribution in [2.24, 2.45) is 0 Å². The van der Waals surface area contributed by atoms with E-state index in [2.05, 4.69) is 4.98 Å². The Hall–Kier alpha value is -3.41. The standard InChI is InChI=1S/C22H15F3N2O/c1-14(28)18-7-2-3-8-19(18)15-5-4-6-17(11-15)27-13-26-20-12-16(22(23,24)25)9-10-21(20)27/h2-13H,1H3. The number of hydrogen-bond acceptors (Lipinski definition) is 2. The average molecular weight is 380 g/mol. The predicted molar refractivity (Wildman–Crippen MR) is 102 cm³/mol. The Morgan fingerprint density at radius 1 is 0.964 bits per heavy atom. The number of nitrogens with zero attached hydrogens (tertiary/aromatic N) is 2. The van der Waals surface area contributed by atoms with Crippen LogP contribution in [0.2, 0.25) is 0 Å². The van der Waals surface area contributed by atoms with E-state index in [9.17, 15) is 18.0 Å². The van der Waals surface area contributed by atoms with Gasteiger partial charge in [-0.15, -0.1) is 0 Å². The van der Waals surface area contributed by atoms with Crippen LogP contribution in [0.25, 0.3) is 27.8 Å². The van der Waals surface area contributed by atoms with Crippen molar-refractivity contribution < 1.29 is 18.0 Å². The minimum absolute atomic E-state index is 0.0336. The normalized spacial score (nSPS) is 11.7. The molecule has 0 aliphatic heterocycles. The highest BCUT2D eigenvalue weighted by molar-refractivity contribution is 6.00. The first-order valence-electron chi connectivity index (χ1n) is 8.60. The molecule has 0 saturated heterocycles. The number of carbonyl (C=O) groups is 1. The number of hydrogen-bond donors (Lipinski definition) is 0. The lowest BCUT2D eigenvalue weighted by molar-refractivity contribution is -0.137. The first-order chi connectivity index (χ1) is 13.3. The van der Waals surface area contributed by atoms with Crippen LogP contribution in [0.3, 0.4) is 0 Å². The summed E-state index contributed by atoms with van der Waals surface area (Å²) in [5, 5.41) is 0. The van der Waals surface area contributed by atoms with E-state index < -0.39 is 11.7 Å². The molecule has 1 aromatic heterocycles. The Labute approximate surface area is 159 Å². The maximum absolute atomic E-state index is 12.9. The predicted octanol–water partition coefficient (Wildman–Crippen LogP) is 5.91. The maximum Gasteiger partial charge on any atom is 0.416 e. The Morgan fingerprint density at radius 3 is 2.50 bits per heavy atom. The first kappa shape index (κ1) is 18.0. The number of imidazole rings is 1. The summed E-state index contributed by atoms with van der Waals surface area (Å²) in [6.45, 7) is 1.52. The minimum Gasteiger partial charge on any atom is -0.299 e. The van der Waals surface area contributed by atoms with E-state index in [1.54, 1.807) is 10.6 Å². The molecular formula is C22H15F3N2O. The Bertz CT molecular complexity index is 1190. The quantitative estimate of drug-likeness (QED) is 0.414. The van der Waals surface area contributed by atoms with Crippen molar-refractivity contribution in [3.05, 3.63) is 84.2 Å². The monoisotopic (exact) mass is 380 g/mol. The molecule has 4 aromatic rings. The second-order valence-electron chi connectivity index (χ2n) is 6.47. The van der Waals surface area contributed by atoms with E-state index in [4.69, 9.17) is 0 Å². The van der Waals surface area contributed by atoms with Crippen LogP contribution < -0.4 is 0 Å². The third kappa shape index (κ3) is 3.17. The van der Waals surface area contributed by atoms with Gasteiger partial charge in [0.15, 0.2) is 5.78 Å². The highest BCUT2D eigenvalue weighted by atomic mass is 19.4. The van der Waals surface area contributed by atoms with E-state index in [1.165, 1.54) is 19.3 Å². The zero-order valence-corrected chi connectivity index (χ0v) is 14.9. The van der Waals surface area contributed by atoms with Gasteiger partial charge in [-0.05, 0) is 48.4 Å². The lowest BCUT2D eigenvalue weighted by Gasteiger charge is -2.11. The van der Waals surface area contributed by atoms with Crippen LogP contribution in [0.15, 0.2) is 73.1 Å². The molecule has 0 radical (unpaired) electrons. The molecule has 3 aromatic carbocycles. The van der Waals surface area contributed by atoms with Crippen molar-refractivity contribution in [1.82, 2.24) is 9.55 Å². The summed E-state index contributed by atoms with van der Waals surface area (Å²) in [5.74, 6) is -0.0336. The lowest BCUT2D eigenvalue weighted by Crippen LogP contribution is -2.04. The third-order valence-electron chi connectivity index (χ3n) is 4.62. The number of rotatable bonds is 3. The van der Waals surface area contributed by atoms with E-state index in [0.717, 1.165) is 28.9 Å². The Kier molecular flexibility index (Phi) is 4.26. The van der Waals surface area contributed by atoms with Crippen LogP contribution in [-0.2, 0) is 6.18 Å². The van der Waals surface area contributed by atoms with Gasteiger partial charge in [0.1, 0.15) is 6.33 Å². The average Bonchev–Trinajstić information content (AvgIpc) is 3.10. The molecule has 0 atom stereocenters. The van der Waals surface area contributed by atoms with Crippen molar-refractivity contribution in [3.8, 4) is 16.8 Å². The summed E-state index contributed by atoms with van der Waals surface area (Å²) in [4.78, 5) is 16.1. The molecule has 140 valence electrons. The van der Waals surface area contributed by atoms with Crippen LogP contribution in [-0.4, -0.2) is 15.3 Å². The Morgan fingerprint density at radius 2 is 1.75 bits per heavy atom. The summed E-state index contributed by atoms with van der Waals surface area (Å²) in [6.07, 6.45) is -2.91.